The van der Waals surface area contributed by atoms with E-state index in [1.165, 1.54) is 17.0 Å². The molecule has 0 bridgehead atoms. The van der Waals surface area contributed by atoms with Crippen molar-refractivity contribution in [3.63, 3.8) is 0 Å². The van der Waals surface area contributed by atoms with Gasteiger partial charge in [-0.1, -0.05) is 0 Å². The van der Waals surface area contributed by atoms with E-state index in [1.54, 1.807) is 17.4 Å². The van der Waals surface area contributed by atoms with Crippen molar-refractivity contribution in [3.8, 4) is 10.6 Å². The first kappa shape index (κ1) is 11.8. The van der Waals surface area contributed by atoms with Crippen LogP contribution in [0.2, 0.25) is 0 Å². The molecule has 1 N–H and O–H groups in total. The molecule has 0 spiro atoms. The molecule has 0 radical (unpaired) electrons. The molecule has 1 aliphatic carbocycles. The number of aliphatic hydroxyl groups excluding tert-OH is 1. The highest BCUT2D eigenvalue weighted by molar-refractivity contribution is 7.15. The molecule has 0 aliphatic heterocycles. The Kier molecular flexibility index (Phi) is 2.92. The average Bonchev–Trinajstić information content (AvgIpc) is 2.74. The van der Waals surface area contributed by atoms with Crippen LogP contribution in [-0.2, 0) is 6.42 Å². The summed E-state index contributed by atoms with van der Waals surface area (Å²) in [4.78, 5) is 5.71. The van der Waals surface area contributed by atoms with Gasteiger partial charge in [0.25, 0.3) is 0 Å². The minimum atomic E-state index is -0.431. The second-order valence-corrected chi connectivity index (χ2v) is 5.78. The van der Waals surface area contributed by atoms with Gasteiger partial charge in [-0.2, -0.15) is 0 Å². The standard InChI is InChI=1S/C14H14FNOS/c1-8-7-9(15)5-6-10(8)14-16-13-11(17)3-2-4-12(13)18-14/h5-7,11,17H,2-4H2,1H3. The van der Waals surface area contributed by atoms with E-state index in [0.29, 0.717) is 0 Å². The number of aryl methyl sites for hydroxylation is 2. The second-order valence-electron chi connectivity index (χ2n) is 4.69. The predicted octanol–water partition coefficient (Wildman–Crippen LogP) is 3.63. The zero-order chi connectivity index (χ0) is 12.7. The van der Waals surface area contributed by atoms with Crippen LogP contribution < -0.4 is 0 Å². The van der Waals surface area contributed by atoms with Crippen molar-refractivity contribution >= 4 is 11.3 Å². The summed E-state index contributed by atoms with van der Waals surface area (Å²) >= 11 is 1.62. The maximum atomic E-state index is 13.1. The maximum Gasteiger partial charge on any atom is 0.124 e. The van der Waals surface area contributed by atoms with Gasteiger partial charge in [0.15, 0.2) is 0 Å². The zero-order valence-electron chi connectivity index (χ0n) is 10.1. The third kappa shape index (κ3) is 1.95. The van der Waals surface area contributed by atoms with Gasteiger partial charge in [-0.15, -0.1) is 11.3 Å². The van der Waals surface area contributed by atoms with Crippen LogP contribution in [0, 0.1) is 12.7 Å². The molecule has 2 aromatic rings. The topological polar surface area (TPSA) is 33.1 Å². The molecule has 1 unspecified atom stereocenters. The minimum absolute atomic E-state index is 0.224. The van der Waals surface area contributed by atoms with Crippen molar-refractivity contribution in [2.45, 2.75) is 32.3 Å². The van der Waals surface area contributed by atoms with Crippen molar-refractivity contribution in [3.05, 3.63) is 40.2 Å². The van der Waals surface area contributed by atoms with Gasteiger partial charge < -0.3 is 5.11 Å². The highest BCUT2D eigenvalue weighted by Gasteiger charge is 2.23. The van der Waals surface area contributed by atoms with Crippen LogP contribution in [0.15, 0.2) is 18.2 Å². The van der Waals surface area contributed by atoms with Gasteiger partial charge in [-0.3, -0.25) is 0 Å². The highest BCUT2D eigenvalue weighted by atomic mass is 32.1. The summed E-state index contributed by atoms with van der Waals surface area (Å²) in [5.74, 6) is -0.224. The third-order valence-electron chi connectivity index (χ3n) is 3.34. The number of fused-ring (bicyclic) bond motifs is 1. The van der Waals surface area contributed by atoms with Crippen LogP contribution in [0.25, 0.3) is 10.6 Å². The van der Waals surface area contributed by atoms with E-state index in [4.69, 9.17) is 0 Å². The molecule has 1 aliphatic rings. The lowest BCUT2D eigenvalue weighted by Gasteiger charge is -2.14. The molecule has 1 aromatic heterocycles. The van der Waals surface area contributed by atoms with E-state index in [-0.39, 0.29) is 5.82 Å². The molecule has 0 saturated carbocycles. The van der Waals surface area contributed by atoms with Crippen molar-refractivity contribution in [2.75, 3.05) is 0 Å². The lowest BCUT2D eigenvalue weighted by atomic mass is 10.0. The second kappa shape index (κ2) is 4.44. The largest absolute Gasteiger partial charge is 0.387 e. The summed E-state index contributed by atoms with van der Waals surface area (Å²) in [6.07, 6.45) is 2.36. The summed E-state index contributed by atoms with van der Waals surface area (Å²) in [6, 6.07) is 4.74. The van der Waals surface area contributed by atoms with E-state index in [1.807, 2.05) is 6.92 Å². The fraction of sp³-hybridized carbons (Fsp3) is 0.357. The molecule has 0 saturated heterocycles. The normalized spacial score (nSPS) is 18.7. The number of benzene rings is 1. The van der Waals surface area contributed by atoms with Crippen molar-refractivity contribution in [2.24, 2.45) is 0 Å². The number of halogens is 1. The number of hydrogen-bond acceptors (Lipinski definition) is 3. The summed E-state index contributed by atoms with van der Waals surface area (Å²) in [7, 11) is 0. The molecule has 0 amide bonds. The Bertz CT molecular complexity index is 593. The fourth-order valence-corrected chi connectivity index (χ4v) is 3.63. The first-order valence-corrected chi connectivity index (χ1v) is 6.91. The Morgan fingerprint density at radius 2 is 2.28 bits per heavy atom. The molecular weight excluding hydrogens is 249 g/mol. The maximum absolute atomic E-state index is 13.1. The number of aromatic nitrogens is 1. The van der Waals surface area contributed by atoms with Crippen LogP contribution in [0.1, 0.15) is 35.1 Å². The van der Waals surface area contributed by atoms with E-state index in [0.717, 1.165) is 41.1 Å². The summed E-state index contributed by atoms with van der Waals surface area (Å²) < 4.78 is 13.1. The van der Waals surface area contributed by atoms with Gasteiger partial charge in [-0.25, -0.2) is 9.37 Å². The predicted molar refractivity (Wildman–Crippen MR) is 70.1 cm³/mol. The van der Waals surface area contributed by atoms with Crippen molar-refractivity contribution in [1.82, 2.24) is 4.98 Å². The first-order chi connectivity index (χ1) is 8.65. The molecular formula is C14H14FNOS. The summed E-state index contributed by atoms with van der Waals surface area (Å²) in [5.41, 5.74) is 2.67. The Morgan fingerprint density at radius 3 is 3.00 bits per heavy atom. The van der Waals surface area contributed by atoms with Crippen LogP contribution in [0.4, 0.5) is 4.39 Å². The molecule has 4 heteroatoms. The monoisotopic (exact) mass is 263 g/mol. The quantitative estimate of drug-likeness (QED) is 0.852. The number of rotatable bonds is 1. The van der Waals surface area contributed by atoms with Crippen LogP contribution in [0.3, 0.4) is 0 Å². The molecule has 18 heavy (non-hydrogen) atoms. The summed E-state index contributed by atoms with van der Waals surface area (Å²) in [6.45, 7) is 1.88. The van der Waals surface area contributed by atoms with Gasteiger partial charge in [0, 0.05) is 10.4 Å². The molecule has 1 atom stereocenters. The zero-order valence-corrected chi connectivity index (χ0v) is 10.9. The molecule has 1 heterocycles. The van der Waals surface area contributed by atoms with Crippen LogP contribution in [0.5, 0.6) is 0 Å². The third-order valence-corrected chi connectivity index (χ3v) is 4.51. The van der Waals surface area contributed by atoms with E-state index in [9.17, 15) is 9.50 Å². The number of aliphatic hydroxyl groups is 1. The van der Waals surface area contributed by atoms with Gasteiger partial charge in [-0.05, 0) is 49.9 Å². The fourth-order valence-electron chi connectivity index (χ4n) is 2.38. The number of hydrogen-bond donors (Lipinski definition) is 1. The summed E-state index contributed by atoms with van der Waals surface area (Å²) in [5, 5.41) is 10.8. The van der Waals surface area contributed by atoms with Gasteiger partial charge in [0.1, 0.15) is 10.8 Å². The Labute approximate surface area is 109 Å². The smallest absolute Gasteiger partial charge is 0.124 e. The first-order valence-electron chi connectivity index (χ1n) is 6.09. The molecule has 2 nitrogen and oxygen atoms in total. The molecule has 3 rings (SSSR count). The lowest BCUT2D eigenvalue weighted by molar-refractivity contribution is 0.153. The number of nitrogens with zero attached hydrogens (tertiary/aromatic N) is 1. The Morgan fingerprint density at radius 1 is 1.44 bits per heavy atom. The molecule has 0 fully saturated rings. The van der Waals surface area contributed by atoms with E-state index >= 15 is 0 Å². The molecule has 94 valence electrons. The van der Waals surface area contributed by atoms with Crippen LogP contribution in [-0.4, -0.2) is 10.1 Å². The average molecular weight is 263 g/mol. The Hall–Kier alpha value is -1.26. The Balaban J connectivity index is 2.07. The van der Waals surface area contributed by atoms with Gasteiger partial charge in [0.2, 0.25) is 0 Å². The number of thiazole rings is 1. The van der Waals surface area contributed by atoms with Gasteiger partial charge in [0.05, 0.1) is 11.8 Å². The minimum Gasteiger partial charge on any atom is -0.387 e. The van der Waals surface area contributed by atoms with E-state index in [2.05, 4.69) is 4.98 Å². The highest BCUT2D eigenvalue weighted by Crippen LogP contribution is 2.37. The van der Waals surface area contributed by atoms with E-state index < -0.39 is 6.10 Å². The lowest BCUT2D eigenvalue weighted by Crippen LogP contribution is -2.07. The van der Waals surface area contributed by atoms with Crippen molar-refractivity contribution in [1.29, 1.82) is 0 Å². The SMILES string of the molecule is Cc1cc(F)ccc1-c1nc2c(s1)CCCC2O. The van der Waals surface area contributed by atoms with Crippen LogP contribution >= 0.6 is 11.3 Å². The molecule has 1 aromatic carbocycles. The van der Waals surface area contributed by atoms with Gasteiger partial charge >= 0.3 is 0 Å². The van der Waals surface area contributed by atoms with Crippen molar-refractivity contribution < 1.29 is 9.50 Å².